The maximum Gasteiger partial charge on any atom is 0.359 e. The first-order chi connectivity index (χ1) is 16.6. The average Bonchev–Trinajstić information content (AvgIpc) is 3.44. The van der Waals surface area contributed by atoms with Gasteiger partial charge in [0.05, 0.1) is 42.1 Å². The number of carboxylic acids is 1. The van der Waals surface area contributed by atoms with Crippen molar-refractivity contribution in [3.05, 3.63) is 12.5 Å². The van der Waals surface area contributed by atoms with Gasteiger partial charge in [-0.25, -0.2) is 9.97 Å². The molecule has 1 fully saturated rings. The topological polar surface area (TPSA) is 178 Å². The summed E-state index contributed by atoms with van der Waals surface area (Å²) in [5, 5.41) is 9.32. The molecule has 0 aliphatic heterocycles. The third-order valence-electron chi connectivity index (χ3n) is 5.82. The van der Waals surface area contributed by atoms with E-state index < -0.39 is 49.1 Å². The van der Waals surface area contributed by atoms with Gasteiger partial charge < -0.3 is 29.4 Å². The van der Waals surface area contributed by atoms with Gasteiger partial charge in [-0.3, -0.25) is 18.7 Å². The van der Waals surface area contributed by atoms with Crippen molar-refractivity contribution in [2.45, 2.75) is 66.0 Å². The number of nitrogen functional groups attached to an aromatic ring is 1. The van der Waals surface area contributed by atoms with Crippen molar-refractivity contribution >= 4 is 36.6 Å². The second kappa shape index (κ2) is 10.4. The van der Waals surface area contributed by atoms with E-state index in [2.05, 4.69) is 15.0 Å². The number of imidazole rings is 1. The number of hydrogen-bond donors (Lipinski definition) is 2. The van der Waals surface area contributed by atoms with Crippen LogP contribution in [0.1, 0.15) is 53.9 Å². The van der Waals surface area contributed by atoms with E-state index in [1.54, 1.807) is 31.7 Å². The lowest BCUT2D eigenvalue weighted by Gasteiger charge is -2.25. The highest BCUT2D eigenvalue weighted by Gasteiger charge is 2.47. The predicted octanol–water partition coefficient (Wildman–Crippen LogP) is 3.19. The summed E-state index contributed by atoms with van der Waals surface area (Å²) in [7, 11) is -3.91. The van der Waals surface area contributed by atoms with Gasteiger partial charge in [0, 0.05) is 0 Å². The molecule has 2 aromatic rings. The van der Waals surface area contributed by atoms with Gasteiger partial charge in [0.15, 0.2) is 5.65 Å². The number of carboxylic acid groups (broad SMARTS) is 1. The molecule has 0 spiro atoms. The van der Waals surface area contributed by atoms with Gasteiger partial charge in [-0.2, -0.15) is 4.98 Å². The summed E-state index contributed by atoms with van der Waals surface area (Å²) in [5.74, 6) is -1.42. The fraction of sp³-hybridized carbons (Fsp3) is 0.682. The number of carbonyl (C=O) groups excluding carboxylic acids is 1. The van der Waals surface area contributed by atoms with Crippen molar-refractivity contribution in [2.75, 3.05) is 25.5 Å². The number of ether oxygens (including phenoxy) is 2. The minimum Gasteiger partial charge on any atom is -0.481 e. The third-order valence-corrected chi connectivity index (χ3v) is 7.34. The first-order valence-corrected chi connectivity index (χ1v) is 13.2. The second-order valence-corrected chi connectivity index (χ2v) is 12.6. The van der Waals surface area contributed by atoms with E-state index in [1.807, 2.05) is 0 Å². The van der Waals surface area contributed by atoms with Gasteiger partial charge in [-0.15, -0.1) is 0 Å². The van der Waals surface area contributed by atoms with E-state index in [-0.39, 0.29) is 19.0 Å². The zero-order valence-electron chi connectivity index (χ0n) is 21.2. The molecule has 3 rings (SSSR count). The molecule has 200 valence electrons. The molecular weight excluding hydrogens is 493 g/mol. The zero-order valence-corrected chi connectivity index (χ0v) is 22.1. The minimum absolute atomic E-state index is 0.0881. The van der Waals surface area contributed by atoms with Crippen molar-refractivity contribution in [1.29, 1.82) is 0 Å². The number of hydrogen-bond acceptors (Lipinski definition) is 11. The van der Waals surface area contributed by atoms with Crippen molar-refractivity contribution in [2.24, 2.45) is 10.8 Å². The number of rotatable bonds is 13. The van der Waals surface area contributed by atoms with Crippen molar-refractivity contribution in [1.82, 2.24) is 19.5 Å². The Kier molecular flexibility index (Phi) is 8.09. The van der Waals surface area contributed by atoms with Gasteiger partial charge in [0.2, 0.25) is 12.7 Å². The summed E-state index contributed by atoms with van der Waals surface area (Å²) < 4.78 is 37.3. The lowest BCUT2D eigenvalue weighted by molar-refractivity contribution is -0.160. The smallest absolute Gasteiger partial charge is 0.359 e. The molecular formula is C22H34N5O8P. The van der Waals surface area contributed by atoms with E-state index in [0.717, 1.165) is 0 Å². The molecule has 1 aliphatic carbocycles. The first-order valence-electron chi connectivity index (χ1n) is 11.5. The molecule has 1 atom stereocenters. The van der Waals surface area contributed by atoms with E-state index in [9.17, 15) is 19.3 Å². The summed E-state index contributed by atoms with van der Waals surface area (Å²) in [6.45, 7) is 7.75. The first kappa shape index (κ1) is 28.0. The Hall–Kier alpha value is -2.60. The fourth-order valence-electron chi connectivity index (χ4n) is 3.03. The number of esters is 1. The van der Waals surface area contributed by atoms with E-state index >= 15 is 0 Å². The van der Waals surface area contributed by atoms with Gasteiger partial charge >= 0.3 is 19.5 Å². The van der Waals surface area contributed by atoms with Crippen LogP contribution in [0.3, 0.4) is 0 Å². The van der Waals surface area contributed by atoms with E-state index in [0.29, 0.717) is 30.6 Å². The highest BCUT2D eigenvalue weighted by atomic mass is 31.2. The predicted molar refractivity (Wildman–Crippen MR) is 129 cm³/mol. The molecule has 3 N–H and O–H groups in total. The van der Waals surface area contributed by atoms with Crippen LogP contribution in [0.5, 0.6) is 0 Å². The summed E-state index contributed by atoms with van der Waals surface area (Å²) in [6.07, 6.45) is 4.20. The maximum absolute atomic E-state index is 13.5. The number of fused-ring (bicyclic) bond motifs is 1. The Morgan fingerprint density at radius 1 is 1.19 bits per heavy atom. The molecule has 36 heavy (non-hydrogen) atoms. The van der Waals surface area contributed by atoms with Crippen LogP contribution in [0.15, 0.2) is 12.5 Å². The number of nitrogens with two attached hydrogens (primary N) is 1. The summed E-state index contributed by atoms with van der Waals surface area (Å²) in [6, 6.07) is 0. The van der Waals surface area contributed by atoms with Crippen molar-refractivity contribution in [3.63, 3.8) is 0 Å². The Morgan fingerprint density at radius 2 is 1.89 bits per heavy atom. The molecule has 0 aromatic carbocycles. The zero-order chi connectivity index (χ0) is 26.8. The fourth-order valence-corrected chi connectivity index (χ4v) is 4.27. The largest absolute Gasteiger partial charge is 0.481 e. The van der Waals surface area contributed by atoms with Crippen LogP contribution >= 0.6 is 7.60 Å². The summed E-state index contributed by atoms with van der Waals surface area (Å²) in [5.41, 5.74) is 4.34. The Balaban J connectivity index is 1.66. The quantitative estimate of drug-likeness (QED) is 0.221. The molecule has 1 aliphatic rings. The molecule has 2 heterocycles. The SMILES string of the molecule is CC(C)(C)C(=O)OCOP(=O)(COC1(Cn2cnc3cnc(N)nc32)CC1)OCCC(C)(C)C(=O)O. The number of carbonyl (C=O) groups is 2. The summed E-state index contributed by atoms with van der Waals surface area (Å²) in [4.78, 5) is 35.8. The standard InChI is InChI=1S/C22H34N5O8P/c1-20(2,3)18(30)32-13-35-36(31,34-9-8-21(4,5)17(28)29)14-33-22(6-7-22)11-27-12-25-15-10-24-19(23)26-16(15)27/h10,12H,6-9,11,13-14H2,1-5H3,(H,28,29)(H2,23,24,26). The van der Waals surface area contributed by atoms with Gasteiger partial charge in [-0.1, -0.05) is 0 Å². The van der Waals surface area contributed by atoms with Crippen LogP contribution in [-0.2, 0) is 39.2 Å². The molecule has 1 unspecified atom stereocenters. The van der Waals surface area contributed by atoms with Crippen molar-refractivity contribution < 1.29 is 37.8 Å². The van der Waals surface area contributed by atoms with Crippen LogP contribution in [-0.4, -0.2) is 61.9 Å². The number of nitrogens with zero attached hydrogens (tertiary/aromatic N) is 4. The van der Waals surface area contributed by atoms with Gasteiger partial charge in [0.25, 0.3) is 0 Å². The molecule has 0 saturated heterocycles. The molecule has 13 nitrogen and oxygen atoms in total. The molecule has 0 radical (unpaired) electrons. The lowest BCUT2D eigenvalue weighted by atomic mass is 9.90. The molecule has 2 aromatic heterocycles. The second-order valence-electron chi connectivity index (χ2n) is 10.6. The van der Waals surface area contributed by atoms with Gasteiger partial charge in [0.1, 0.15) is 11.9 Å². The number of aliphatic carboxylic acids is 1. The van der Waals surface area contributed by atoms with E-state index in [1.165, 1.54) is 20.0 Å². The monoisotopic (exact) mass is 527 g/mol. The summed E-state index contributed by atoms with van der Waals surface area (Å²) >= 11 is 0. The maximum atomic E-state index is 13.5. The normalized spacial score (nSPS) is 17.0. The number of aromatic nitrogens is 4. The average molecular weight is 528 g/mol. The van der Waals surface area contributed by atoms with Crippen LogP contribution in [0, 0.1) is 10.8 Å². The Labute approximate surface area is 209 Å². The lowest BCUT2D eigenvalue weighted by Crippen LogP contribution is -2.26. The highest BCUT2D eigenvalue weighted by molar-refractivity contribution is 7.53. The molecule has 1 saturated carbocycles. The van der Waals surface area contributed by atoms with Crippen LogP contribution in [0.4, 0.5) is 5.95 Å². The van der Waals surface area contributed by atoms with Gasteiger partial charge in [-0.05, 0) is 53.9 Å². The molecule has 0 bridgehead atoms. The Bertz CT molecular complexity index is 1160. The highest BCUT2D eigenvalue weighted by Crippen LogP contribution is 2.52. The van der Waals surface area contributed by atoms with Crippen LogP contribution < -0.4 is 5.73 Å². The molecule has 0 amide bonds. The number of anilines is 1. The molecule has 14 heteroatoms. The van der Waals surface area contributed by atoms with Crippen LogP contribution in [0.25, 0.3) is 11.2 Å². The van der Waals surface area contributed by atoms with E-state index in [4.69, 9.17) is 24.3 Å². The Morgan fingerprint density at radius 3 is 2.50 bits per heavy atom. The third kappa shape index (κ3) is 7.22. The van der Waals surface area contributed by atoms with Crippen LogP contribution in [0.2, 0.25) is 0 Å². The van der Waals surface area contributed by atoms with Crippen molar-refractivity contribution in [3.8, 4) is 0 Å². The minimum atomic E-state index is -3.91.